The van der Waals surface area contributed by atoms with Crippen LogP contribution in [0.1, 0.15) is 34.0 Å². The van der Waals surface area contributed by atoms with E-state index < -0.39 is 27.9 Å². The van der Waals surface area contributed by atoms with E-state index in [1.165, 1.54) is 21.3 Å². The summed E-state index contributed by atoms with van der Waals surface area (Å²) in [7, 11) is -3.90. The number of hydrogen-bond donors (Lipinski definition) is 1. The Hall–Kier alpha value is -3.65. The van der Waals surface area contributed by atoms with E-state index in [2.05, 4.69) is 0 Å². The number of hydrogen-bond acceptors (Lipinski definition) is 4. The smallest absolute Gasteiger partial charge is 0.264 e. The second-order valence-corrected chi connectivity index (χ2v) is 10.6. The van der Waals surface area contributed by atoms with Crippen molar-refractivity contribution in [2.24, 2.45) is 5.73 Å². The molecule has 0 unspecified atom stereocenters. The Kier molecular flexibility index (Phi) is 5.40. The van der Waals surface area contributed by atoms with Crippen molar-refractivity contribution in [1.29, 1.82) is 0 Å². The van der Waals surface area contributed by atoms with Crippen molar-refractivity contribution in [2.45, 2.75) is 43.3 Å². The zero-order chi connectivity index (χ0) is 24.0. The lowest BCUT2D eigenvalue weighted by Crippen LogP contribution is -2.51. The Labute approximate surface area is 198 Å². The number of sulfonamides is 1. The molecule has 0 bridgehead atoms. The van der Waals surface area contributed by atoms with Gasteiger partial charge in [-0.25, -0.2) is 8.42 Å². The number of benzene rings is 3. The fourth-order valence-corrected chi connectivity index (χ4v) is 6.70. The molecule has 0 fully saturated rings. The summed E-state index contributed by atoms with van der Waals surface area (Å²) >= 11 is 0. The van der Waals surface area contributed by atoms with E-state index in [4.69, 9.17) is 5.73 Å². The highest BCUT2D eigenvalue weighted by Gasteiger charge is 2.37. The fraction of sp³-hybridized carbons (Fsp3) is 0.231. The first kappa shape index (κ1) is 22.2. The first-order chi connectivity index (χ1) is 16.3. The van der Waals surface area contributed by atoms with Gasteiger partial charge in [-0.1, -0.05) is 48.5 Å². The standard InChI is InChI=1S/C26H25N3O4S/c1-17-13-19-8-4-5-12-23(19)29(17)34(32,33)22-11-6-10-20(14-22)26(31)28-16-21-9-3-2-7-18(21)15-24(28)25(27)30/h2-12,14,17,24H,13,15-16H2,1H3,(H2,27,30)/t17-,24-/m1/s1. The molecule has 5 rings (SSSR count). The van der Waals surface area contributed by atoms with Crippen molar-refractivity contribution < 1.29 is 18.0 Å². The number of amides is 2. The molecule has 8 heteroatoms. The third-order valence-corrected chi connectivity index (χ3v) is 8.54. The van der Waals surface area contributed by atoms with Gasteiger partial charge in [-0.2, -0.15) is 0 Å². The van der Waals surface area contributed by atoms with Gasteiger partial charge in [-0.3, -0.25) is 13.9 Å². The Morgan fingerprint density at radius 1 is 0.882 bits per heavy atom. The van der Waals surface area contributed by atoms with Crippen LogP contribution >= 0.6 is 0 Å². The predicted molar refractivity (Wildman–Crippen MR) is 129 cm³/mol. The van der Waals surface area contributed by atoms with Crippen LogP contribution in [0.25, 0.3) is 0 Å². The summed E-state index contributed by atoms with van der Waals surface area (Å²) in [6.07, 6.45) is 0.957. The number of fused-ring (bicyclic) bond motifs is 2. The number of anilines is 1. The summed E-state index contributed by atoms with van der Waals surface area (Å²) in [5, 5.41) is 0. The molecule has 0 aliphatic carbocycles. The molecule has 0 saturated carbocycles. The molecule has 2 atom stereocenters. The first-order valence-electron chi connectivity index (χ1n) is 11.2. The average molecular weight is 476 g/mol. The minimum Gasteiger partial charge on any atom is -0.368 e. The fourth-order valence-electron chi connectivity index (χ4n) is 4.96. The highest BCUT2D eigenvalue weighted by atomic mass is 32.2. The monoisotopic (exact) mass is 475 g/mol. The second kappa shape index (κ2) is 8.29. The van der Waals surface area contributed by atoms with E-state index in [-0.39, 0.29) is 23.0 Å². The Bertz CT molecular complexity index is 1400. The highest BCUT2D eigenvalue weighted by Crippen LogP contribution is 2.36. The first-order valence-corrected chi connectivity index (χ1v) is 12.6. The minimum absolute atomic E-state index is 0.0370. The molecular weight excluding hydrogens is 450 g/mol. The van der Waals surface area contributed by atoms with Gasteiger partial charge < -0.3 is 10.6 Å². The molecule has 0 aromatic heterocycles. The summed E-state index contributed by atoms with van der Waals surface area (Å²) in [4.78, 5) is 27.2. The summed E-state index contributed by atoms with van der Waals surface area (Å²) in [6.45, 7) is 2.10. The van der Waals surface area contributed by atoms with Crippen LogP contribution in [0.4, 0.5) is 5.69 Å². The molecule has 2 N–H and O–H groups in total. The molecule has 0 saturated heterocycles. The van der Waals surface area contributed by atoms with Crippen molar-refractivity contribution >= 4 is 27.5 Å². The van der Waals surface area contributed by atoms with Gasteiger partial charge in [0.15, 0.2) is 0 Å². The molecule has 2 amide bonds. The molecule has 0 spiro atoms. The summed E-state index contributed by atoms with van der Waals surface area (Å²) in [5.74, 6) is -1.01. The van der Waals surface area contributed by atoms with Gasteiger partial charge in [-0.15, -0.1) is 0 Å². The van der Waals surface area contributed by atoms with Crippen LogP contribution in [0, 0.1) is 0 Å². The Morgan fingerprint density at radius 2 is 1.56 bits per heavy atom. The van der Waals surface area contributed by atoms with E-state index in [0.717, 1.165) is 16.7 Å². The molecule has 2 aliphatic rings. The molecule has 0 radical (unpaired) electrons. The van der Waals surface area contributed by atoms with Crippen LogP contribution in [0.2, 0.25) is 0 Å². The third-order valence-electron chi connectivity index (χ3n) is 6.62. The van der Waals surface area contributed by atoms with E-state index in [1.807, 2.05) is 49.4 Å². The van der Waals surface area contributed by atoms with Gasteiger partial charge in [0, 0.05) is 24.6 Å². The van der Waals surface area contributed by atoms with Crippen molar-refractivity contribution in [2.75, 3.05) is 4.31 Å². The number of carbonyl (C=O) groups excluding carboxylic acids is 2. The summed E-state index contributed by atoms with van der Waals surface area (Å²) in [6, 6.07) is 20.0. The number of primary amides is 1. The molecule has 3 aromatic rings. The number of rotatable bonds is 4. The number of nitrogens with two attached hydrogens (primary N) is 1. The van der Waals surface area contributed by atoms with Crippen LogP contribution in [-0.4, -0.2) is 37.2 Å². The number of nitrogens with zero attached hydrogens (tertiary/aromatic N) is 2. The van der Waals surface area contributed by atoms with Gasteiger partial charge in [0.05, 0.1) is 10.6 Å². The van der Waals surface area contributed by atoms with E-state index in [1.54, 1.807) is 18.2 Å². The maximum absolute atomic E-state index is 13.6. The van der Waals surface area contributed by atoms with Gasteiger partial charge in [0.1, 0.15) is 6.04 Å². The van der Waals surface area contributed by atoms with Gasteiger partial charge in [0.25, 0.3) is 15.9 Å². The molecular formula is C26H25N3O4S. The molecule has 2 heterocycles. The van der Waals surface area contributed by atoms with Gasteiger partial charge in [0.2, 0.25) is 5.91 Å². The van der Waals surface area contributed by atoms with E-state index in [9.17, 15) is 18.0 Å². The molecule has 3 aromatic carbocycles. The number of carbonyl (C=O) groups is 2. The Morgan fingerprint density at radius 3 is 2.29 bits per heavy atom. The third kappa shape index (κ3) is 3.64. The van der Waals surface area contributed by atoms with Crippen LogP contribution in [0.15, 0.2) is 77.7 Å². The largest absolute Gasteiger partial charge is 0.368 e. The maximum atomic E-state index is 13.6. The van der Waals surface area contributed by atoms with Crippen LogP contribution < -0.4 is 10.0 Å². The molecule has 174 valence electrons. The maximum Gasteiger partial charge on any atom is 0.264 e. The topological polar surface area (TPSA) is 101 Å². The zero-order valence-electron chi connectivity index (χ0n) is 18.7. The van der Waals surface area contributed by atoms with Crippen LogP contribution in [0.5, 0.6) is 0 Å². The summed E-state index contributed by atoms with van der Waals surface area (Å²) in [5.41, 5.74) is 9.40. The van der Waals surface area contributed by atoms with Crippen molar-refractivity contribution in [3.63, 3.8) is 0 Å². The number of para-hydroxylation sites is 1. The van der Waals surface area contributed by atoms with Crippen molar-refractivity contribution in [3.05, 3.63) is 95.1 Å². The normalized spacial score (nSPS) is 19.4. The highest BCUT2D eigenvalue weighted by molar-refractivity contribution is 7.92. The Balaban J connectivity index is 1.50. The lowest BCUT2D eigenvalue weighted by molar-refractivity contribution is -0.122. The van der Waals surface area contributed by atoms with Gasteiger partial charge >= 0.3 is 0 Å². The minimum atomic E-state index is -3.90. The van der Waals surface area contributed by atoms with Crippen LogP contribution in [-0.2, 0) is 34.2 Å². The summed E-state index contributed by atoms with van der Waals surface area (Å²) < 4.78 is 28.7. The van der Waals surface area contributed by atoms with Crippen molar-refractivity contribution in [3.8, 4) is 0 Å². The quantitative estimate of drug-likeness (QED) is 0.627. The average Bonchev–Trinajstić information content (AvgIpc) is 3.19. The van der Waals surface area contributed by atoms with Crippen LogP contribution in [0.3, 0.4) is 0 Å². The zero-order valence-corrected chi connectivity index (χ0v) is 19.5. The van der Waals surface area contributed by atoms with Crippen molar-refractivity contribution in [1.82, 2.24) is 4.90 Å². The lowest BCUT2D eigenvalue weighted by atomic mass is 9.93. The molecule has 7 nitrogen and oxygen atoms in total. The second-order valence-electron chi connectivity index (χ2n) is 8.83. The SMILES string of the molecule is C[C@@H]1Cc2ccccc2N1S(=O)(=O)c1cccc(C(=O)N2Cc3ccccc3C[C@@H]2C(N)=O)c1. The molecule has 34 heavy (non-hydrogen) atoms. The molecule has 2 aliphatic heterocycles. The van der Waals surface area contributed by atoms with Gasteiger partial charge in [-0.05, 0) is 54.3 Å². The predicted octanol–water partition coefficient (Wildman–Crippen LogP) is 2.88. The lowest BCUT2D eigenvalue weighted by Gasteiger charge is -2.35. The van der Waals surface area contributed by atoms with E-state index in [0.29, 0.717) is 18.5 Å². The van der Waals surface area contributed by atoms with E-state index >= 15 is 0 Å².